The van der Waals surface area contributed by atoms with Gasteiger partial charge in [0.05, 0.1) is 18.8 Å². The summed E-state index contributed by atoms with van der Waals surface area (Å²) in [6.45, 7) is 1.64. The van der Waals surface area contributed by atoms with E-state index in [1.165, 1.54) is 5.57 Å². The van der Waals surface area contributed by atoms with Gasteiger partial charge in [-0.15, -0.1) is 0 Å². The lowest BCUT2D eigenvalue weighted by Crippen LogP contribution is -2.31. The molecule has 0 unspecified atom stereocenters. The van der Waals surface area contributed by atoms with Crippen LogP contribution < -0.4 is 10.5 Å². The maximum atomic E-state index is 6.21. The molecule has 2 aromatic carbocycles. The number of benzene rings is 2. The Morgan fingerprint density at radius 2 is 1.81 bits per heavy atom. The van der Waals surface area contributed by atoms with Crippen LogP contribution in [0.15, 0.2) is 71.9 Å². The van der Waals surface area contributed by atoms with Crippen molar-refractivity contribution in [3.05, 3.63) is 83.6 Å². The van der Waals surface area contributed by atoms with E-state index in [1.54, 1.807) is 0 Å². The minimum absolute atomic E-state index is 0.180. The van der Waals surface area contributed by atoms with Crippen molar-refractivity contribution in [2.24, 2.45) is 10.7 Å². The molecule has 1 atom stereocenters. The number of pyridine rings is 1. The molecule has 3 aliphatic heterocycles. The number of fused-ring (bicyclic) bond motifs is 4. The summed E-state index contributed by atoms with van der Waals surface area (Å²) in [4.78, 5) is 9.44. The third-order valence-electron chi connectivity index (χ3n) is 6.10. The molecule has 1 spiro atoms. The van der Waals surface area contributed by atoms with E-state index in [4.69, 9.17) is 24.9 Å². The average Bonchev–Trinajstić information content (AvgIpc) is 3.22. The summed E-state index contributed by atoms with van der Waals surface area (Å²) in [7, 11) is 0. The van der Waals surface area contributed by atoms with Crippen molar-refractivity contribution in [2.45, 2.75) is 12.0 Å². The summed E-state index contributed by atoms with van der Waals surface area (Å²) >= 11 is 0. The fourth-order valence-electron chi connectivity index (χ4n) is 4.50. The zero-order valence-corrected chi connectivity index (χ0v) is 16.9. The summed E-state index contributed by atoms with van der Waals surface area (Å²) in [5.74, 6) is 1.26. The summed E-state index contributed by atoms with van der Waals surface area (Å²) in [5, 5.41) is 0. The Morgan fingerprint density at radius 3 is 2.58 bits per heavy atom. The van der Waals surface area contributed by atoms with Crippen LogP contribution in [0.1, 0.15) is 23.1 Å². The Morgan fingerprint density at radius 1 is 0.935 bits per heavy atom. The largest absolute Gasteiger partial charge is 0.462 e. The molecule has 0 saturated heterocycles. The molecule has 0 amide bonds. The fourth-order valence-corrected chi connectivity index (χ4v) is 4.50. The van der Waals surface area contributed by atoms with Gasteiger partial charge in [0.25, 0.3) is 6.02 Å². The second kappa shape index (κ2) is 6.96. The molecule has 0 radical (unpaired) electrons. The lowest BCUT2D eigenvalue weighted by atomic mass is 9.80. The molecule has 6 heteroatoms. The van der Waals surface area contributed by atoms with E-state index < -0.39 is 5.54 Å². The van der Waals surface area contributed by atoms with Gasteiger partial charge in [-0.3, -0.25) is 0 Å². The molecular formula is C25H21N3O3. The van der Waals surface area contributed by atoms with Crippen molar-refractivity contribution in [1.29, 1.82) is 0 Å². The number of hydrogen-bond acceptors (Lipinski definition) is 6. The third-order valence-corrected chi connectivity index (χ3v) is 6.10. The Hall–Kier alpha value is -3.64. The van der Waals surface area contributed by atoms with Crippen LogP contribution in [-0.4, -0.2) is 30.8 Å². The van der Waals surface area contributed by atoms with Crippen molar-refractivity contribution in [2.75, 3.05) is 19.8 Å². The highest BCUT2D eigenvalue weighted by Gasteiger charge is 2.48. The number of nitrogens with two attached hydrogens (primary N) is 1. The number of ether oxygens (including phenoxy) is 3. The summed E-state index contributed by atoms with van der Waals surface area (Å²) in [5.41, 5.74) is 11.5. The average molecular weight is 411 g/mol. The zero-order valence-electron chi connectivity index (χ0n) is 16.9. The monoisotopic (exact) mass is 411 g/mol. The summed E-state index contributed by atoms with van der Waals surface area (Å²) < 4.78 is 17.4. The van der Waals surface area contributed by atoms with E-state index in [0.29, 0.717) is 25.7 Å². The third kappa shape index (κ3) is 2.91. The number of rotatable bonds is 2. The summed E-state index contributed by atoms with van der Waals surface area (Å²) in [6, 6.07) is 18.7. The number of amidine groups is 1. The maximum absolute atomic E-state index is 6.21. The second-order valence-corrected chi connectivity index (χ2v) is 7.91. The smallest absolute Gasteiger partial charge is 0.283 e. The van der Waals surface area contributed by atoms with Gasteiger partial charge in [-0.25, -0.2) is 9.98 Å². The number of hydrogen-bond donors (Lipinski definition) is 1. The number of aromatic nitrogens is 1. The van der Waals surface area contributed by atoms with Crippen LogP contribution >= 0.6 is 0 Å². The first-order valence-electron chi connectivity index (χ1n) is 10.4. The SMILES string of the molecule is NC1=N[C@@]2(CO1)c1cc(-c3ccccc3)ccc1Oc1ncc(C3=CCOCC3)cc12. The molecule has 4 heterocycles. The molecule has 6 nitrogen and oxygen atoms in total. The quantitative estimate of drug-likeness (QED) is 0.682. The molecule has 3 aliphatic rings. The van der Waals surface area contributed by atoms with Crippen LogP contribution in [-0.2, 0) is 15.0 Å². The highest BCUT2D eigenvalue weighted by atomic mass is 16.5. The molecule has 31 heavy (non-hydrogen) atoms. The molecule has 0 fully saturated rings. The Labute approximate surface area is 180 Å². The van der Waals surface area contributed by atoms with Crippen molar-refractivity contribution in [3.63, 3.8) is 0 Å². The first kappa shape index (κ1) is 18.2. The zero-order chi connectivity index (χ0) is 20.8. The molecule has 3 aromatic rings. The first-order valence-corrected chi connectivity index (χ1v) is 10.4. The van der Waals surface area contributed by atoms with Gasteiger partial charge in [0.15, 0.2) is 5.54 Å². The van der Waals surface area contributed by atoms with E-state index >= 15 is 0 Å². The minimum atomic E-state index is -0.785. The predicted octanol–water partition coefficient (Wildman–Crippen LogP) is 4.25. The van der Waals surface area contributed by atoms with Crippen LogP contribution in [0.4, 0.5) is 0 Å². The lowest BCUT2D eigenvalue weighted by molar-refractivity contribution is 0.161. The molecule has 154 valence electrons. The van der Waals surface area contributed by atoms with Crippen LogP contribution in [0.25, 0.3) is 16.7 Å². The molecule has 0 saturated carbocycles. The van der Waals surface area contributed by atoms with Gasteiger partial charge >= 0.3 is 0 Å². The van der Waals surface area contributed by atoms with E-state index in [-0.39, 0.29) is 6.02 Å². The predicted molar refractivity (Wildman–Crippen MR) is 118 cm³/mol. The number of nitrogens with zero attached hydrogens (tertiary/aromatic N) is 2. The topological polar surface area (TPSA) is 79.0 Å². The van der Waals surface area contributed by atoms with Crippen LogP contribution in [0.3, 0.4) is 0 Å². The van der Waals surface area contributed by atoms with Gasteiger partial charge in [0, 0.05) is 11.8 Å². The molecular weight excluding hydrogens is 390 g/mol. The first-order chi connectivity index (χ1) is 15.2. The normalized spacial score (nSPS) is 21.4. The van der Waals surface area contributed by atoms with E-state index in [0.717, 1.165) is 40.0 Å². The Balaban J connectivity index is 1.53. The molecule has 6 rings (SSSR count). The highest BCUT2D eigenvalue weighted by molar-refractivity contribution is 5.78. The van der Waals surface area contributed by atoms with Gasteiger partial charge in [0.2, 0.25) is 5.88 Å². The Bertz CT molecular complexity index is 1240. The second-order valence-electron chi connectivity index (χ2n) is 7.91. The molecule has 1 aromatic heterocycles. The van der Waals surface area contributed by atoms with Gasteiger partial charge in [-0.1, -0.05) is 42.5 Å². The maximum Gasteiger partial charge on any atom is 0.283 e. The Kier molecular flexibility index (Phi) is 4.07. The van der Waals surface area contributed by atoms with E-state index in [1.807, 2.05) is 30.5 Å². The van der Waals surface area contributed by atoms with E-state index in [9.17, 15) is 0 Å². The van der Waals surface area contributed by atoms with Gasteiger partial charge in [-0.2, -0.15) is 0 Å². The van der Waals surface area contributed by atoms with Crippen molar-refractivity contribution in [1.82, 2.24) is 4.98 Å². The van der Waals surface area contributed by atoms with Crippen LogP contribution in [0.5, 0.6) is 11.6 Å². The van der Waals surface area contributed by atoms with Crippen molar-refractivity contribution in [3.8, 4) is 22.8 Å². The fraction of sp³-hybridized carbons (Fsp3) is 0.200. The van der Waals surface area contributed by atoms with Crippen LogP contribution in [0, 0.1) is 0 Å². The van der Waals surface area contributed by atoms with Gasteiger partial charge in [-0.05, 0) is 46.9 Å². The molecule has 2 N–H and O–H groups in total. The van der Waals surface area contributed by atoms with Crippen molar-refractivity contribution >= 4 is 11.6 Å². The standard InChI is InChI=1S/C25H21N3O3/c26-24-28-25(15-30-24)20-12-18(16-4-2-1-3-5-16)6-7-22(20)31-23-21(25)13-19(14-27-23)17-8-10-29-11-9-17/h1-8,12-14H,9-11,15H2,(H2,26,28)/t25-/m0/s1. The highest BCUT2D eigenvalue weighted by Crippen LogP contribution is 2.51. The molecule has 0 bridgehead atoms. The number of aliphatic imine (C=N–C) groups is 1. The van der Waals surface area contributed by atoms with Gasteiger partial charge in [0.1, 0.15) is 12.4 Å². The molecule has 0 aliphatic carbocycles. The van der Waals surface area contributed by atoms with Gasteiger partial charge < -0.3 is 19.9 Å². The van der Waals surface area contributed by atoms with Crippen molar-refractivity contribution < 1.29 is 14.2 Å². The minimum Gasteiger partial charge on any atom is -0.462 e. The van der Waals surface area contributed by atoms with Crippen LogP contribution in [0.2, 0.25) is 0 Å². The summed E-state index contributed by atoms with van der Waals surface area (Å²) in [6.07, 6.45) is 4.81. The lowest BCUT2D eigenvalue weighted by Gasteiger charge is -2.33. The van der Waals surface area contributed by atoms with E-state index in [2.05, 4.69) is 41.4 Å².